The summed E-state index contributed by atoms with van der Waals surface area (Å²) in [5.74, 6) is 0.753. The second kappa shape index (κ2) is 5.28. The summed E-state index contributed by atoms with van der Waals surface area (Å²) in [6.07, 6.45) is 1.25. The molecule has 2 unspecified atom stereocenters. The van der Waals surface area contributed by atoms with Gasteiger partial charge in [0, 0.05) is 19.1 Å². The maximum atomic E-state index is 6.39. The molecule has 3 heteroatoms. The highest BCUT2D eigenvalue weighted by atomic mass is 35.5. The third-order valence-corrected chi connectivity index (χ3v) is 3.81. The van der Waals surface area contributed by atoms with Crippen molar-refractivity contribution in [1.29, 1.82) is 0 Å². The second-order valence-electron chi connectivity index (χ2n) is 5.12. The van der Waals surface area contributed by atoms with Crippen molar-refractivity contribution in [1.82, 2.24) is 5.32 Å². The zero-order valence-electron chi connectivity index (χ0n) is 10.8. The molecule has 0 bridgehead atoms. The zero-order valence-corrected chi connectivity index (χ0v) is 11.6. The minimum Gasteiger partial charge on any atom is -0.367 e. The topological polar surface area (TPSA) is 15.3 Å². The standard InChI is InChI=1S/C14H21ClN2/c1-10-7-11(2)17(9-10)14-12(8-16-3)5-4-6-13(14)15/h4-6,10-11,16H,7-9H2,1-3H3. The van der Waals surface area contributed by atoms with Crippen molar-refractivity contribution in [2.24, 2.45) is 5.92 Å². The quantitative estimate of drug-likeness (QED) is 0.888. The first-order valence-electron chi connectivity index (χ1n) is 6.32. The van der Waals surface area contributed by atoms with Gasteiger partial charge in [-0.15, -0.1) is 0 Å². The number of rotatable bonds is 3. The van der Waals surface area contributed by atoms with Gasteiger partial charge in [0.15, 0.2) is 0 Å². The van der Waals surface area contributed by atoms with Crippen LogP contribution in [0, 0.1) is 5.92 Å². The molecule has 1 N–H and O–H groups in total. The summed E-state index contributed by atoms with van der Waals surface area (Å²) in [6.45, 7) is 6.58. The second-order valence-corrected chi connectivity index (χ2v) is 5.53. The molecule has 17 heavy (non-hydrogen) atoms. The largest absolute Gasteiger partial charge is 0.367 e. The smallest absolute Gasteiger partial charge is 0.0643 e. The molecule has 2 rings (SSSR count). The van der Waals surface area contributed by atoms with Crippen LogP contribution in [0.25, 0.3) is 0 Å². The van der Waals surface area contributed by atoms with Gasteiger partial charge >= 0.3 is 0 Å². The molecular weight excluding hydrogens is 232 g/mol. The minimum absolute atomic E-state index is 0.584. The Morgan fingerprint density at radius 1 is 1.41 bits per heavy atom. The molecule has 94 valence electrons. The van der Waals surface area contributed by atoms with Crippen LogP contribution in [-0.4, -0.2) is 19.6 Å². The van der Waals surface area contributed by atoms with E-state index in [1.54, 1.807) is 0 Å². The number of nitrogens with one attached hydrogen (secondary N) is 1. The van der Waals surface area contributed by atoms with E-state index in [0.717, 1.165) is 24.0 Å². The lowest BCUT2D eigenvalue weighted by atomic mass is 10.1. The normalized spacial score (nSPS) is 24.4. The SMILES string of the molecule is CNCc1cccc(Cl)c1N1CC(C)CC1C. The third-order valence-electron chi connectivity index (χ3n) is 3.51. The van der Waals surface area contributed by atoms with E-state index in [1.165, 1.54) is 17.7 Å². The Hall–Kier alpha value is -0.730. The van der Waals surface area contributed by atoms with Crippen molar-refractivity contribution in [3.05, 3.63) is 28.8 Å². The van der Waals surface area contributed by atoms with Gasteiger partial charge in [-0.3, -0.25) is 0 Å². The molecule has 2 nitrogen and oxygen atoms in total. The van der Waals surface area contributed by atoms with E-state index in [1.807, 2.05) is 19.2 Å². The van der Waals surface area contributed by atoms with Crippen molar-refractivity contribution in [3.8, 4) is 0 Å². The van der Waals surface area contributed by atoms with Crippen LogP contribution in [0.1, 0.15) is 25.8 Å². The molecule has 0 amide bonds. The number of halogens is 1. The van der Waals surface area contributed by atoms with Crippen molar-refractivity contribution >= 4 is 17.3 Å². The lowest BCUT2D eigenvalue weighted by Crippen LogP contribution is -2.28. The molecule has 1 aromatic carbocycles. The monoisotopic (exact) mass is 252 g/mol. The van der Waals surface area contributed by atoms with Crippen molar-refractivity contribution in [3.63, 3.8) is 0 Å². The molecule has 0 saturated carbocycles. The van der Waals surface area contributed by atoms with Crippen LogP contribution in [0.3, 0.4) is 0 Å². The summed E-state index contributed by atoms with van der Waals surface area (Å²) in [6, 6.07) is 6.77. The van der Waals surface area contributed by atoms with Gasteiger partial charge in [-0.05, 0) is 37.9 Å². The van der Waals surface area contributed by atoms with Crippen molar-refractivity contribution < 1.29 is 0 Å². The first-order chi connectivity index (χ1) is 8.13. The van der Waals surface area contributed by atoms with Crippen LogP contribution >= 0.6 is 11.6 Å². The van der Waals surface area contributed by atoms with Gasteiger partial charge in [0.1, 0.15) is 0 Å². The van der Waals surface area contributed by atoms with E-state index in [-0.39, 0.29) is 0 Å². The summed E-state index contributed by atoms with van der Waals surface area (Å²) in [7, 11) is 1.97. The summed E-state index contributed by atoms with van der Waals surface area (Å²) < 4.78 is 0. The van der Waals surface area contributed by atoms with Crippen LogP contribution in [0.15, 0.2) is 18.2 Å². The first kappa shape index (κ1) is 12.7. The van der Waals surface area contributed by atoms with Gasteiger partial charge in [-0.1, -0.05) is 30.7 Å². The number of nitrogens with zero attached hydrogens (tertiary/aromatic N) is 1. The van der Waals surface area contributed by atoms with E-state index < -0.39 is 0 Å². The van der Waals surface area contributed by atoms with Gasteiger partial charge < -0.3 is 10.2 Å². The Balaban J connectivity index is 2.36. The summed E-state index contributed by atoms with van der Waals surface area (Å²) >= 11 is 6.39. The average Bonchev–Trinajstić information content (AvgIpc) is 2.58. The number of benzene rings is 1. The molecule has 1 saturated heterocycles. The number of anilines is 1. The molecule has 1 fully saturated rings. The van der Waals surface area contributed by atoms with Gasteiger partial charge in [0.2, 0.25) is 0 Å². The predicted octanol–water partition coefficient (Wildman–Crippen LogP) is 3.29. The van der Waals surface area contributed by atoms with E-state index >= 15 is 0 Å². The Labute approximate surface area is 109 Å². The van der Waals surface area contributed by atoms with Crippen LogP contribution < -0.4 is 10.2 Å². The van der Waals surface area contributed by atoms with E-state index in [0.29, 0.717) is 6.04 Å². The lowest BCUT2D eigenvalue weighted by Gasteiger charge is -2.27. The minimum atomic E-state index is 0.584. The van der Waals surface area contributed by atoms with Gasteiger partial charge in [0.25, 0.3) is 0 Å². The highest BCUT2D eigenvalue weighted by Crippen LogP contribution is 2.36. The Morgan fingerprint density at radius 2 is 2.18 bits per heavy atom. The Kier molecular flexibility index (Phi) is 3.95. The highest BCUT2D eigenvalue weighted by Gasteiger charge is 2.28. The van der Waals surface area contributed by atoms with Crippen molar-refractivity contribution in [2.75, 3.05) is 18.5 Å². The van der Waals surface area contributed by atoms with Gasteiger partial charge in [-0.2, -0.15) is 0 Å². The molecule has 0 spiro atoms. The molecule has 1 aliphatic rings. The molecule has 1 heterocycles. The molecule has 0 aliphatic carbocycles. The average molecular weight is 253 g/mol. The maximum absolute atomic E-state index is 6.39. The number of hydrogen-bond donors (Lipinski definition) is 1. The van der Waals surface area contributed by atoms with Gasteiger partial charge in [0.05, 0.1) is 10.7 Å². The number of para-hydroxylation sites is 1. The van der Waals surface area contributed by atoms with E-state index in [9.17, 15) is 0 Å². The van der Waals surface area contributed by atoms with Crippen LogP contribution in [0.5, 0.6) is 0 Å². The predicted molar refractivity (Wildman–Crippen MR) is 74.8 cm³/mol. The molecule has 0 aromatic heterocycles. The van der Waals surface area contributed by atoms with Crippen LogP contribution in [0.2, 0.25) is 5.02 Å². The van der Waals surface area contributed by atoms with Gasteiger partial charge in [-0.25, -0.2) is 0 Å². The first-order valence-corrected chi connectivity index (χ1v) is 6.70. The van der Waals surface area contributed by atoms with Crippen LogP contribution in [-0.2, 0) is 6.54 Å². The fourth-order valence-electron chi connectivity index (χ4n) is 2.83. The summed E-state index contributed by atoms with van der Waals surface area (Å²) in [5, 5.41) is 4.09. The fraction of sp³-hybridized carbons (Fsp3) is 0.571. The number of hydrogen-bond acceptors (Lipinski definition) is 2. The Morgan fingerprint density at radius 3 is 2.76 bits per heavy atom. The maximum Gasteiger partial charge on any atom is 0.0643 e. The summed E-state index contributed by atoms with van der Waals surface area (Å²) in [4.78, 5) is 2.46. The fourth-order valence-corrected chi connectivity index (χ4v) is 3.13. The highest BCUT2D eigenvalue weighted by molar-refractivity contribution is 6.33. The van der Waals surface area contributed by atoms with E-state index in [2.05, 4.69) is 30.1 Å². The Bertz CT molecular complexity index is 392. The van der Waals surface area contributed by atoms with Crippen molar-refractivity contribution in [2.45, 2.75) is 32.9 Å². The molecule has 2 atom stereocenters. The summed E-state index contributed by atoms with van der Waals surface area (Å²) in [5.41, 5.74) is 2.52. The molecular formula is C14H21ClN2. The molecule has 1 aromatic rings. The third kappa shape index (κ3) is 2.58. The molecule has 1 aliphatic heterocycles. The molecule has 0 radical (unpaired) electrons. The lowest BCUT2D eigenvalue weighted by molar-refractivity contribution is 0.625. The van der Waals surface area contributed by atoms with Crippen LogP contribution in [0.4, 0.5) is 5.69 Å². The van der Waals surface area contributed by atoms with E-state index in [4.69, 9.17) is 11.6 Å². The zero-order chi connectivity index (χ0) is 12.4.